The third-order valence-electron chi connectivity index (χ3n) is 2.71. The first-order valence-corrected chi connectivity index (χ1v) is 6.28. The molecule has 18 heavy (non-hydrogen) atoms. The van der Waals surface area contributed by atoms with Gasteiger partial charge in [0.05, 0.1) is 17.9 Å². The van der Waals surface area contributed by atoms with Crippen LogP contribution in [0.25, 0.3) is 11.0 Å². The van der Waals surface area contributed by atoms with Crippen LogP contribution in [0.2, 0.25) is 0 Å². The van der Waals surface area contributed by atoms with Crippen molar-refractivity contribution in [1.29, 1.82) is 0 Å². The maximum absolute atomic E-state index is 12.0. The van der Waals surface area contributed by atoms with Gasteiger partial charge >= 0.3 is 5.97 Å². The molecular formula is C12H14ClN3O2. The van der Waals surface area contributed by atoms with E-state index in [4.69, 9.17) is 16.3 Å². The lowest BCUT2D eigenvalue weighted by atomic mass is 10.0. The quantitative estimate of drug-likeness (QED) is 0.681. The molecule has 2 heterocycles. The van der Waals surface area contributed by atoms with Gasteiger partial charge in [0.25, 0.3) is 0 Å². The third-order valence-corrected chi connectivity index (χ3v) is 2.90. The van der Waals surface area contributed by atoms with Crippen molar-refractivity contribution in [2.45, 2.75) is 20.3 Å². The predicted molar refractivity (Wildman–Crippen MR) is 69.0 cm³/mol. The average molecular weight is 268 g/mol. The first-order chi connectivity index (χ1) is 8.69. The fourth-order valence-corrected chi connectivity index (χ4v) is 2.18. The number of nitrogens with one attached hydrogen (secondary N) is 1. The van der Waals surface area contributed by atoms with Gasteiger partial charge in [-0.1, -0.05) is 0 Å². The molecule has 0 aliphatic rings. The molecule has 5 nitrogen and oxygen atoms in total. The van der Waals surface area contributed by atoms with Gasteiger partial charge in [0.15, 0.2) is 5.65 Å². The summed E-state index contributed by atoms with van der Waals surface area (Å²) < 4.78 is 5.07. The van der Waals surface area contributed by atoms with Gasteiger partial charge in [0.2, 0.25) is 0 Å². The zero-order chi connectivity index (χ0) is 13.1. The molecule has 1 N–H and O–H groups in total. The topological polar surface area (TPSA) is 67.9 Å². The molecule has 2 rings (SSSR count). The molecule has 0 bridgehead atoms. The lowest BCUT2D eigenvalue weighted by molar-refractivity contribution is 0.0524. The number of rotatable bonds is 4. The fourth-order valence-electron chi connectivity index (χ4n) is 1.99. The first kappa shape index (κ1) is 12.8. The molecule has 0 unspecified atom stereocenters. The van der Waals surface area contributed by atoms with E-state index in [1.165, 1.54) is 0 Å². The van der Waals surface area contributed by atoms with Crippen molar-refractivity contribution in [3.05, 3.63) is 23.0 Å². The summed E-state index contributed by atoms with van der Waals surface area (Å²) in [7, 11) is 0. The van der Waals surface area contributed by atoms with Crippen LogP contribution in [0.1, 0.15) is 28.5 Å². The Morgan fingerprint density at radius 1 is 1.56 bits per heavy atom. The number of carbonyl (C=O) groups excluding carboxylic acids is 1. The Hall–Kier alpha value is -1.62. The highest BCUT2D eigenvalue weighted by atomic mass is 35.5. The summed E-state index contributed by atoms with van der Waals surface area (Å²) >= 11 is 5.81. The number of ether oxygens (including phenoxy) is 1. The first-order valence-electron chi connectivity index (χ1n) is 5.75. The molecular weight excluding hydrogens is 254 g/mol. The van der Waals surface area contributed by atoms with E-state index in [1.807, 2.05) is 0 Å². The van der Waals surface area contributed by atoms with Crippen molar-refractivity contribution >= 4 is 28.6 Å². The van der Waals surface area contributed by atoms with Crippen molar-refractivity contribution in [3.8, 4) is 0 Å². The highest BCUT2D eigenvalue weighted by Gasteiger charge is 2.20. The molecule has 0 radical (unpaired) electrons. The van der Waals surface area contributed by atoms with E-state index < -0.39 is 0 Å². The number of fused-ring (bicyclic) bond motifs is 1. The second-order valence-electron chi connectivity index (χ2n) is 3.83. The number of halogens is 1. The molecule has 0 amide bonds. The average Bonchev–Trinajstić information content (AvgIpc) is 2.77. The third kappa shape index (κ3) is 2.18. The van der Waals surface area contributed by atoms with E-state index >= 15 is 0 Å². The van der Waals surface area contributed by atoms with Crippen LogP contribution in [-0.2, 0) is 11.2 Å². The highest BCUT2D eigenvalue weighted by molar-refractivity contribution is 6.18. The summed E-state index contributed by atoms with van der Waals surface area (Å²) in [6.45, 7) is 3.89. The van der Waals surface area contributed by atoms with E-state index in [2.05, 4.69) is 15.2 Å². The van der Waals surface area contributed by atoms with Crippen LogP contribution >= 0.6 is 11.6 Å². The van der Waals surface area contributed by atoms with Gasteiger partial charge in [-0.2, -0.15) is 5.10 Å². The van der Waals surface area contributed by atoms with Gasteiger partial charge in [-0.15, -0.1) is 11.6 Å². The standard InChI is InChI=1S/C12H14ClN3O2/c1-3-18-12(17)10-7(2)15-11-9(6-14-16-11)8(10)4-5-13/h6H,3-5H2,1-2H3,(H,14,15,16). The number of nitrogens with zero attached hydrogens (tertiary/aromatic N) is 2. The number of aromatic amines is 1. The number of pyridine rings is 1. The summed E-state index contributed by atoms with van der Waals surface area (Å²) in [6.07, 6.45) is 2.31. The van der Waals surface area contributed by atoms with E-state index in [-0.39, 0.29) is 5.97 Å². The Morgan fingerprint density at radius 3 is 3.00 bits per heavy atom. The Balaban J connectivity index is 2.64. The number of H-pyrrole nitrogens is 1. The maximum Gasteiger partial charge on any atom is 0.340 e. The van der Waals surface area contributed by atoms with Crippen LogP contribution in [0, 0.1) is 6.92 Å². The Labute approximate surface area is 109 Å². The maximum atomic E-state index is 12.0. The summed E-state index contributed by atoms with van der Waals surface area (Å²) in [5.41, 5.74) is 2.57. The number of hydrogen-bond donors (Lipinski definition) is 1. The number of aryl methyl sites for hydroxylation is 2. The van der Waals surface area contributed by atoms with Gasteiger partial charge < -0.3 is 4.74 Å². The molecule has 6 heteroatoms. The van der Waals surface area contributed by atoms with Gasteiger partial charge in [-0.25, -0.2) is 9.78 Å². The molecule has 0 saturated heterocycles. The van der Waals surface area contributed by atoms with Crippen LogP contribution in [0.4, 0.5) is 0 Å². The lowest BCUT2D eigenvalue weighted by Gasteiger charge is -2.11. The normalized spacial score (nSPS) is 10.8. The van der Waals surface area contributed by atoms with Crippen LogP contribution in [0.5, 0.6) is 0 Å². The molecule has 0 atom stereocenters. The van der Waals surface area contributed by atoms with Crippen LogP contribution in [-0.4, -0.2) is 33.6 Å². The minimum absolute atomic E-state index is 0.335. The molecule has 0 saturated carbocycles. The van der Waals surface area contributed by atoms with E-state index in [1.54, 1.807) is 20.0 Å². The van der Waals surface area contributed by atoms with Crippen molar-refractivity contribution in [2.24, 2.45) is 0 Å². The molecule has 2 aromatic rings. The van der Waals surface area contributed by atoms with Crippen molar-refractivity contribution in [1.82, 2.24) is 15.2 Å². The van der Waals surface area contributed by atoms with Gasteiger partial charge in [0.1, 0.15) is 0 Å². The number of esters is 1. The second kappa shape index (κ2) is 5.35. The zero-order valence-electron chi connectivity index (χ0n) is 10.3. The molecule has 0 aliphatic carbocycles. The smallest absolute Gasteiger partial charge is 0.340 e. The Kier molecular flexibility index (Phi) is 3.81. The SMILES string of the molecule is CCOC(=O)c1c(C)nc2n[nH]cc2c1CCCl. The van der Waals surface area contributed by atoms with Gasteiger partial charge in [0, 0.05) is 17.5 Å². The molecule has 96 valence electrons. The molecule has 2 aromatic heterocycles. The van der Waals surface area contributed by atoms with E-state index in [0.29, 0.717) is 35.8 Å². The summed E-state index contributed by atoms with van der Waals surface area (Å²) in [5.74, 6) is 0.0709. The molecule has 0 fully saturated rings. The largest absolute Gasteiger partial charge is 0.462 e. The minimum Gasteiger partial charge on any atom is -0.462 e. The Bertz CT molecular complexity index is 580. The molecule has 0 aromatic carbocycles. The molecule has 0 spiro atoms. The van der Waals surface area contributed by atoms with Crippen molar-refractivity contribution in [3.63, 3.8) is 0 Å². The predicted octanol–water partition coefficient (Wildman–Crippen LogP) is 2.22. The van der Waals surface area contributed by atoms with Crippen LogP contribution < -0.4 is 0 Å². The summed E-state index contributed by atoms with van der Waals surface area (Å²) in [6, 6.07) is 0. The molecule has 0 aliphatic heterocycles. The van der Waals surface area contributed by atoms with Crippen LogP contribution in [0.15, 0.2) is 6.20 Å². The second-order valence-corrected chi connectivity index (χ2v) is 4.21. The minimum atomic E-state index is -0.356. The van der Waals surface area contributed by atoms with Gasteiger partial charge in [-0.3, -0.25) is 5.10 Å². The zero-order valence-corrected chi connectivity index (χ0v) is 11.0. The van der Waals surface area contributed by atoms with E-state index in [9.17, 15) is 4.79 Å². The monoisotopic (exact) mass is 267 g/mol. The lowest BCUT2D eigenvalue weighted by Crippen LogP contribution is -2.12. The Morgan fingerprint density at radius 2 is 2.33 bits per heavy atom. The number of aromatic nitrogens is 3. The van der Waals surface area contributed by atoms with E-state index in [0.717, 1.165) is 10.9 Å². The van der Waals surface area contributed by atoms with Crippen LogP contribution in [0.3, 0.4) is 0 Å². The summed E-state index contributed by atoms with van der Waals surface area (Å²) in [5, 5.41) is 7.62. The number of carbonyl (C=O) groups is 1. The summed E-state index contributed by atoms with van der Waals surface area (Å²) in [4.78, 5) is 16.3. The number of hydrogen-bond acceptors (Lipinski definition) is 4. The number of alkyl halides is 1. The fraction of sp³-hybridized carbons (Fsp3) is 0.417. The van der Waals surface area contributed by atoms with Crippen molar-refractivity contribution < 1.29 is 9.53 Å². The highest BCUT2D eigenvalue weighted by Crippen LogP contribution is 2.23. The van der Waals surface area contributed by atoms with Gasteiger partial charge in [-0.05, 0) is 25.8 Å². The van der Waals surface area contributed by atoms with Crippen molar-refractivity contribution in [2.75, 3.05) is 12.5 Å².